The third-order valence-corrected chi connectivity index (χ3v) is 6.40. The number of carbonyl (C=O) groups is 1. The van der Waals surface area contributed by atoms with Crippen LogP contribution < -0.4 is 27.0 Å². The van der Waals surface area contributed by atoms with Gasteiger partial charge in [-0.1, -0.05) is 0 Å². The van der Waals surface area contributed by atoms with Gasteiger partial charge in [-0.25, -0.2) is 4.79 Å². The van der Waals surface area contributed by atoms with Crippen LogP contribution in [0.15, 0.2) is 57.5 Å². The SMILES string of the molecule is CC(N=Nc1ccc(Nc2nc(NCCCN(C)C)nc(NCCCN(C)C)n2)cc1)C(=O)Nc1ccc2[nH]c(=O)[nH]c2c1. The molecular weight excluding hydrogens is 562 g/mol. The Bertz CT molecular complexity index is 1560. The van der Waals surface area contributed by atoms with E-state index in [0.29, 0.717) is 40.3 Å². The van der Waals surface area contributed by atoms with Gasteiger partial charge in [0.2, 0.25) is 17.8 Å². The van der Waals surface area contributed by atoms with E-state index in [-0.39, 0.29) is 11.6 Å². The lowest BCUT2D eigenvalue weighted by atomic mass is 10.2. The van der Waals surface area contributed by atoms with Crippen LogP contribution in [0.4, 0.5) is 34.9 Å². The molecule has 0 aliphatic carbocycles. The standard InChI is InChI=1S/C29H41N13O2/c1-19(25(43)32-22-12-13-23-24(18-22)35-29(44)34-23)39-40-21-10-8-20(9-11-21)33-28-37-26(30-14-6-16-41(2)3)36-27(38-28)31-15-7-17-42(4)5/h8-13,18-19H,6-7,14-17H2,1-5H3,(H,32,43)(H2,34,35,44)(H3,30,31,33,36,37,38). The van der Waals surface area contributed by atoms with Crippen LogP contribution in [-0.2, 0) is 4.79 Å². The van der Waals surface area contributed by atoms with Crippen LogP contribution in [0.1, 0.15) is 19.8 Å². The number of H-pyrrole nitrogens is 2. The normalized spacial score (nSPS) is 12.2. The van der Waals surface area contributed by atoms with Crippen molar-refractivity contribution in [3.8, 4) is 0 Å². The highest BCUT2D eigenvalue weighted by molar-refractivity contribution is 5.96. The van der Waals surface area contributed by atoms with Crippen LogP contribution >= 0.6 is 0 Å². The van der Waals surface area contributed by atoms with Gasteiger partial charge in [0.25, 0.3) is 5.91 Å². The Morgan fingerprint density at radius 3 is 2.00 bits per heavy atom. The largest absolute Gasteiger partial charge is 0.354 e. The quantitative estimate of drug-likeness (QED) is 0.0817. The lowest BCUT2D eigenvalue weighted by molar-refractivity contribution is -0.117. The lowest BCUT2D eigenvalue weighted by Gasteiger charge is -2.13. The van der Waals surface area contributed by atoms with Crippen LogP contribution in [0.2, 0.25) is 0 Å². The Morgan fingerprint density at radius 1 is 0.818 bits per heavy atom. The van der Waals surface area contributed by atoms with E-state index in [1.54, 1.807) is 37.3 Å². The molecule has 0 spiro atoms. The molecule has 15 heteroatoms. The molecule has 4 rings (SSSR count). The fourth-order valence-corrected chi connectivity index (χ4v) is 4.08. The van der Waals surface area contributed by atoms with Gasteiger partial charge in [-0.3, -0.25) is 4.79 Å². The number of carbonyl (C=O) groups excluding carboxylic acids is 1. The van der Waals surface area contributed by atoms with E-state index in [4.69, 9.17) is 0 Å². The maximum absolute atomic E-state index is 12.6. The molecule has 0 saturated carbocycles. The van der Waals surface area contributed by atoms with Crippen LogP contribution in [0, 0.1) is 0 Å². The van der Waals surface area contributed by atoms with Crippen molar-refractivity contribution in [2.45, 2.75) is 25.8 Å². The molecule has 44 heavy (non-hydrogen) atoms. The minimum Gasteiger partial charge on any atom is -0.354 e. The fraction of sp³-hybridized carbons (Fsp3) is 0.414. The summed E-state index contributed by atoms with van der Waals surface area (Å²) in [6, 6.07) is 11.6. The van der Waals surface area contributed by atoms with E-state index < -0.39 is 6.04 Å². The molecule has 2 aromatic heterocycles. The maximum atomic E-state index is 12.6. The number of aromatic amines is 2. The monoisotopic (exact) mass is 603 g/mol. The van der Waals surface area contributed by atoms with Gasteiger partial charge < -0.3 is 41.0 Å². The number of hydrogen-bond acceptors (Lipinski definition) is 12. The van der Waals surface area contributed by atoms with Crippen molar-refractivity contribution >= 4 is 51.8 Å². The molecule has 2 heterocycles. The number of aromatic nitrogens is 5. The molecule has 4 aromatic rings. The predicted molar refractivity (Wildman–Crippen MR) is 174 cm³/mol. The molecular formula is C29H41N13O2. The molecule has 234 valence electrons. The molecule has 0 bridgehead atoms. The summed E-state index contributed by atoms with van der Waals surface area (Å²) in [5, 5.41) is 21.0. The average Bonchev–Trinajstić information content (AvgIpc) is 3.36. The molecule has 0 aliphatic rings. The Hall–Kier alpha value is -4.89. The molecule has 1 atom stereocenters. The maximum Gasteiger partial charge on any atom is 0.323 e. The Balaban J connectivity index is 1.35. The number of nitrogens with one attached hydrogen (secondary N) is 6. The van der Waals surface area contributed by atoms with Crippen LogP contribution in [0.5, 0.6) is 0 Å². The van der Waals surface area contributed by atoms with E-state index in [1.807, 2.05) is 40.3 Å². The molecule has 0 saturated heterocycles. The highest BCUT2D eigenvalue weighted by Crippen LogP contribution is 2.21. The summed E-state index contributed by atoms with van der Waals surface area (Å²) in [5.41, 5.74) is 2.86. The summed E-state index contributed by atoms with van der Waals surface area (Å²) in [5.74, 6) is 1.08. The molecule has 0 radical (unpaired) electrons. The first-order valence-corrected chi connectivity index (χ1v) is 14.5. The first-order valence-electron chi connectivity index (χ1n) is 14.5. The van der Waals surface area contributed by atoms with Gasteiger partial charge in [-0.15, -0.1) is 0 Å². The number of azo groups is 1. The van der Waals surface area contributed by atoms with Crippen molar-refractivity contribution in [1.82, 2.24) is 34.7 Å². The third-order valence-electron chi connectivity index (χ3n) is 6.40. The van der Waals surface area contributed by atoms with Crippen molar-refractivity contribution in [2.24, 2.45) is 10.2 Å². The van der Waals surface area contributed by atoms with Gasteiger partial charge in [0, 0.05) is 24.5 Å². The second-order valence-corrected chi connectivity index (χ2v) is 10.9. The Labute approximate surface area is 256 Å². The van der Waals surface area contributed by atoms with Crippen molar-refractivity contribution in [3.63, 3.8) is 0 Å². The summed E-state index contributed by atoms with van der Waals surface area (Å²) in [6.45, 7) is 5.05. The fourth-order valence-electron chi connectivity index (χ4n) is 4.08. The van der Waals surface area contributed by atoms with E-state index in [0.717, 1.165) is 44.7 Å². The topological polar surface area (TPSA) is 184 Å². The minimum atomic E-state index is -0.730. The number of nitrogens with zero attached hydrogens (tertiary/aromatic N) is 7. The zero-order valence-corrected chi connectivity index (χ0v) is 25.8. The Kier molecular flexibility index (Phi) is 11.3. The lowest BCUT2D eigenvalue weighted by Crippen LogP contribution is -2.23. The minimum absolute atomic E-state index is 0.305. The van der Waals surface area contributed by atoms with Gasteiger partial charge in [0.15, 0.2) is 0 Å². The van der Waals surface area contributed by atoms with E-state index >= 15 is 0 Å². The Morgan fingerprint density at radius 2 is 1.39 bits per heavy atom. The number of rotatable bonds is 16. The number of imidazole rings is 1. The highest BCUT2D eigenvalue weighted by atomic mass is 16.2. The van der Waals surface area contributed by atoms with Crippen molar-refractivity contribution in [2.75, 3.05) is 75.6 Å². The molecule has 6 N–H and O–H groups in total. The van der Waals surface area contributed by atoms with Gasteiger partial charge in [0.1, 0.15) is 6.04 Å². The second kappa shape index (κ2) is 15.5. The molecule has 2 aromatic carbocycles. The summed E-state index contributed by atoms with van der Waals surface area (Å²) >= 11 is 0. The van der Waals surface area contributed by atoms with E-state index in [1.165, 1.54) is 0 Å². The summed E-state index contributed by atoms with van der Waals surface area (Å²) < 4.78 is 0. The zero-order valence-electron chi connectivity index (χ0n) is 25.8. The van der Waals surface area contributed by atoms with E-state index in [2.05, 4.69) is 66.2 Å². The average molecular weight is 604 g/mol. The first kappa shape index (κ1) is 32.0. The van der Waals surface area contributed by atoms with Gasteiger partial charge >= 0.3 is 5.69 Å². The zero-order chi connectivity index (χ0) is 31.5. The van der Waals surface area contributed by atoms with Crippen molar-refractivity contribution < 1.29 is 4.79 Å². The van der Waals surface area contributed by atoms with Crippen LogP contribution in [0.3, 0.4) is 0 Å². The molecule has 15 nitrogen and oxygen atoms in total. The second-order valence-electron chi connectivity index (χ2n) is 10.9. The van der Waals surface area contributed by atoms with Crippen LogP contribution in [-0.4, -0.2) is 101 Å². The van der Waals surface area contributed by atoms with Crippen molar-refractivity contribution in [1.29, 1.82) is 0 Å². The number of hydrogen-bond donors (Lipinski definition) is 6. The summed E-state index contributed by atoms with van der Waals surface area (Å²) in [6.07, 6.45) is 1.91. The van der Waals surface area contributed by atoms with Gasteiger partial charge in [-0.2, -0.15) is 25.2 Å². The molecule has 0 fully saturated rings. The molecule has 0 aliphatic heterocycles. The highest BCUT2D eigenvalue weighted by Gasteiger charge is 2.13. The predicted octanol–water partition coefficient (Wildman–Crippen LogP) is 3.62. The summed E-state index contributed by atoms with van der Waals surface area (Å²) in [7, 11) is 8.18. The smallest absolute Gasteiger partial charge is 0.323 e. The number of fused-ring (bicyclic) bond motifs is 1. The van der Waals surface area contributed by atoms with Crippen molar-refractivity contribution in [3.05, 3.63) is 52.9 Å². The molecule has 1 unspecified atom stereocenters. The van der Waals surface area contributed by atoms with Gasteiger partial charge in [0.05, 0.1) is 16.7 Å². The van der Waals surface area contributed by atoms with Gasteiger partial charge in [-0.05, 0) is 104 Å². The summed E-state index contributed by atoms with van der Waals surface area (Å²) in [4.78, 5) is 47.3. The number of benzene rings is 2. The third kappa shape index (κ3) is 10.1. The number of anilines is 5. The molecule has 1 amide bonds. The number of amides is 1. The van der Waals surface area contributed by atoms with Crippen LogP contribution in [0.25, 0.3) is 11.0 Å². The van der Waals surface area contributed by atoms with E-state index in [9.17, 15) is 9.59 Å². The first-order chi connectivity index (χ1) is 21.1.